The minimum Gasteiger partial charge on any atom is -0.497 e. The van der Waals surface area contributed by atoms with Gasteiger partial charge in [0.05, 0.1) is 7.11 Å². The summed E-state index contributed by atoms with van der Waals surface area (Å²) in [4.78, 5) is 89.3. The van der Waals surface area contributed by atoms with E-state index in [4.69, 9.17) is 55.0 Å². The Morgan fingerprint density at radius 3 is 1.44 bits per heavy atom. The van der Waals surface area contributed by atoms with Crippen LogP contribution in [0.4, 0.5) is 5.95 Å². The third kappa shape index (κ3) is 15.3. The molecule has 6 atom stereocenters. The SMILES string of the molecule is COc1ccc(CN(c2ncccn2)C(O)C(=O)NC(C(=O)NC(NC(=N)N)C(=O)NC(NC(=N)N)C(=O)NC(NC(=N)N)C(=O)NC(NC(=N)N)C(N)=O)c2ccccc2)cc1. The van der Waals surface area contributed by atoms with Crippen LogP contribution in [0.3, 0.4) is 0 Å². The summed E-state index contributed by atoms with van der Waals surface area (Å²) in [5, 5.41) is 61.0. The molecule has 2 aromatic carbocycles. The van der Waals surface area contributed by atoms with Gasteiger partial charge in [0.25, 0.3) is 29.5 Å². The lowest BCUT2D eigenvalue weighted by molar-refractivity contribution is -0.136. The van der Waals surface area contributed by atoms with E-state index in [2.05, 4.69) is 41.9 Å². The number of aliphatic hydroxyl groups excluding tert-OH is 1. The standard InChI is InChI=1S/C34H47N21O8/c1-63-17-10-8-15(9-11-17)14-55(34-44-12-5-13-45-34)29(62)28(61)46-18(16-6-3-2-4-7-16)24(57)48-21(52-31(38)39)26(59)50-23(54-33(42)43)27(60)49-22(53-32(40)41)25(58)47-20(19(35)56)51-30(36)37/h2-13,18,20-23,29,62H,14H2,1H3,(H2,35,56)(H,46,61)(H,47,58)(H,48,57)(H,49,60)(H,50,59)(H4,36,37,51)(H4,38,39,52)(H4,40,41,53)(H4,42,43,54). The van der Waals surface area contributed by atoms with Gasteiger partial charge in [-0.3, -0.25) is 50.4 Å². The molecular formula is C34H47N21O8. The van der Waals surface area contributed by atoms with Crippen molar-refractivity contribution < 1.29 is 38.6 Å². The number of aromatic nitrogens is 2. The van der Waals surface area contributed by atoms with E-state index in [1.54, 1.807) is 30.3 Å². The third-order valence-electron chi connectivity index (χ3n) is 7.95. The fourth-order valence-electron chi connectivity index (χ4n) is 5.14. The van der Waals surface area contributed by atoms with Crippen LogP contribution in [-0.4, -0.2) is 112 Å². The summed E-state index contributed by atoms with van der Waals surface area (Å²) in [5.41, 5.74) is 27.5. The molecule has 1 heterocycles. The Labute approximate surface area is 357 Å². The highest BCUT2D eigenvalue weighted by atomic mass is 16.5. The van der Waals surface area contributed by atoms with Crippen molar-refractivity contribution in [2.45, 2.75) is 43.5 Å². The van der Waals surface area contributed by atoms with Crippen LogP contribution in [0.25, 0.3) is 0 Å². The van der Waals surface area contributed by atoms with Gasteiger partial charge in [-0.05, 0) is 29.3 Å². The van der Waals surface area contributed by atoms with Gasteiger partial charge >= 0.3 is 0 Å². The van der Waals surface area contributed by atoms with Gasteiger partial charge in [0.1, 0.15) is 11.8 Å². The van der Waals surface area contributed by atoms with Crippen molar-refractivity contribution in [3.8, 4) is 5.75 Å². The average molecular weight is 878 g/mol. The molecule has 0 saturated heterocycles. The quantitative estimate of drug-likeness (QED) is 0.0268. The van der Waals surface area contributed by atoms with Gasteiger partial charge in [-0.15, -0.1) is 0 Å². The number of ether oxygens (including phenoxy) is 1. The number of nitrogens with one attached hydrogen (secondary N) is 13. The number of benzene rings is 2. The highest BCUT2D eigenvalue weighted by molar-refractivity contribution is 5.99. The maximum absolute atomic E-state index is 14.0. The second-order valence-electron chi connectivity index (χ2n) is 12.7. The van der Waals surface area contributed by atoms with Gasteiger partial charge in [0.15, 0.2) is 48.5 Å². The number of primary amides is 1. The number of methoxy groups -OCH3 is 1. The number of nitrogens with zero attached hydrogens (tertiary/aromatic N) is 3. The summed E-state index contributed by atoms with van der Waals surface area (Å²) in [5.74, 6) is -10.4. The molecule has 0 spiro atoms. The molecule has 0 bridgehead atoms. The smallest absolute Gasteiger partial charge is 0.271 e. The molecule has 3 rings (SSSR count). The third-order valence-corrected chi connectivity index (χ3v) is 7.95. The molecule has 63 heavy (non-hydrogen) atoms. The van der Waals surface area contributed by atoms with Crippen molar-refractivity contribution >= 4 is 65.2 Å². The lowest BCUT2D eigenvalue weighted by Gasteiger charge is -2.30. The van der Waals surface area contributed by atoms with Crippen molar-refractivity contribution in [2.24, 2.45) is 28.7 Å². The van der Waals surface area contributed by atoms with Crippen molar-refractivity contribution in [1.29, 1.82) is 21.6 Å². The first-order chi connectivity index (χ1) is 29.8. The van der Waals surface area contributed by atoms with Crippen molar-refractivity contribution in [3.63, 3.8) is 0 Å². The minimum absolute atomic E-state index is 0.0549. The van der Waals surface area contributed by atoms with E-state index < -0.39 is 96.2 Å². The van der Waals surface area contributed by atoms with Crippen LogP contribution >= 0.6 is 0 Å². The molecule has 29 nitrogen and oxygen atoms in total. The number of nitrogens with two attached hydrogens (primary N) is 5. The first kappa shape index (κ1) is 48.3. The molecule has 336 valence electrons. The van der Waals surface area contributed by atoms with Crippen molar-refractivity contribution in [2.75, 3.05) is 12.0 Å². The maximum atomic E-state index is 14.0. The molecule has 0 aliphatic carbocycles. The van der Waals surface area contributed by atoms with Gasteiger partial charge < -0.3 is 91.3 Å². The van der Waals surface area contributed by atoms with E-state index in [1.165, 1.54) is 49.8 Å². The molecule has 6 amide bonds. The number of hydrogen-bond donors (Lipinski definition) is 19. The Balaban J connectivity index is 1.89. The zero-order valence-electron chi connectivity index (χ0n) is 33.1. The highest BCUT2D eigenvalue weighted by Gasteiger charge is 2.35. The van der Waals surface area contributed by atoms with Crippen molar-refractivity contribution in [1.82, 2.24) is 57.8 Å². The largest absolute Gasteiger partial charge is 0.497 e. The number of hydrogen-bond acceptors (Lipinski definition) is 15. The number of guanidine groups is 4. The molecular weight excluding hydrogens is 831 g/mol. The molecule has 0 aliphatic rings. The molecule has 29 heteroatoms. The predicted octanol–water partition coefficient (Wildman–Crippen LogP) is -7.15. The number of aliphatic hydroxyl groups is 1. The van der Waals surface area contributed by atoms with E-state index in [9.17, 15) is 33.9 Å². The number of anilines is 1. The number of amides is 6. The van der Waals surface area contributed by atoms with Gasteiger partial charge in [-0.1, -0.05) is 42.5 Å². The second kappa shape index (κ2) is 22.9. The topological polar surface area (TPSA) is 495 Å². The Kier molecular flexibility index (Phi) is 17.6. The summed E-state index contributed by atoms with van der Waals surface area (Å²) in [6.07, 6.45) is -7.15. The molecule has 0 radical (unpaired) electrons. The zero-order chi connectivity index (χ0) is 46.8. The van der Waals surface area contributed by atoms with E-state index in [1.807, 2.05) is 16.0 Å². The van der Waals surface area contributed by atoms with Crippen molar-refractivity contribution in [3.05, 3.63) is 84.2 Å². The summed E-state index contributed by atoms with van der Waals surface area (Å²) in [6, 6.07) is 14.1. The lowest BCUT2D eigenvalue weighted by Crippen LogP contribution is -2.68. The molecule has 0 aliphatic heterocycles. The van der Waals surface area contributed by atoms with Crippen LogP contribution in [0, 0.1) is 21.6 Å². The predicted molar refractivity (Wildman–Crippen MR) is 222 cm³/mol. The van der Waals surface area contributed by atoms with Crippen LogP contribution in [0.15, 0.2) is 73.1 Å². The van der Waals surface area contributed by atoms with Gasteiger partial charge in [0.2, 0.25) is 18.1 Å². The molecule has 6 unspecified atom stereocenters. The normalized spacial score (nSPS) is 13.2. The van der Waals surface area contributed by atoms with Crippen LogP contribution in [0.5, 0.6) is 5.75 Å². The summed E-state index contributed by atoms with van der Waals surface area (Å²) < 4.78 is 5.20. The highest BCUT2D eigenvalue weighted by Crippen LogP contribution is 2.19. The summed E-state index contributed by atoms with van der Waals surface area (Å²) in [7, 11) is 1.49. The molecule has 0 fully saturated rings. The van der Waals surface area contributed by atoms with Crippen LogP contribution in [-0.2, 0) is 35.3 Å². The fraction of sp³-hybridized carbons (Fsp3) is 0.235. The second-order valence-corrected chi connectivity index (χ2v) is 12.7. The fourth-order valence-corrected chi connectivity index (χ4v) is 5.14. The minimum atomic E-state index is -2.08. The monoisotopic (exact) mass is 877 g/mol. The number of rotatable bonds is 21. The molecule has 1 aromatic heterocycles. The molecule has 0 saturated carbocycles. The Morgan fingerprint density at radius 2 is 1.02 bits per heavy atom. The van der Waals surface area contributed by atoms with Crippen LogP contribution < -0.4 is 86.2 Å². The van der Waals surface area contributed by atoms with E-state index in [0.717, 1.165) is 4.90 Å². The zero-order valence-corrected chi connectivity index (χ0v) is 33.1. The van der Waals surface area contributed by atoms with E-state index >= 15 is 0 Å². The van der Waals surface area contributed by atoms with Gasteiger partial charge in [0, 0.05) is 18.9 Å². The van der Waals surface area contributed by atoms with Gasteiger partial charge in [-0.2, -0.15) is 0 Å². The molecule has 24 N–H and O–H groups in total. The van der Waals surface area contributed by atoms with Crippen LogP contribution in [0.1, 0.15) is 17.2 Å². The summed E-state index contributed by atoms with van der Waals surface area (Å²) in [6.45, 7) is -0.0974. The number of carbonyl (C=O) groups is 6. The maximum Gasteiger partial charge on any atom is 0.271 e. The van der Waals surface area contributed by atoms with Crippen LogP contribution in [0.2, 0.25) is 0 Å². The Morgan fingerprint density at radius 1 is 0.587 bits per heavy atom. The summed E-state index contributed by atoms with van der Waals surface area (Å²) >= 11 is 0. The lowest BCUT2D eigenvalue weighted by atomic mass is 10.1. The first-order valence-corrected chi connectivity index (χ1v) is 17.9. The molecule has 3 aromatic rings. The van der Waals surface area contributed by atoms with E-state index in [0.29, 0.717) is 11.3 Å². The first-order valence-electron chi connectivity index (χ1n) is 17.9. The average Bonchev–Trinajstić information content (AvgIpc) is 3.23. The Bertz CT molecular complexity index is 2150. The number of carbonyl (C=O) groups excluding carboxylic acids is 6. The Hall–Kier alpha value is -9.02. The van der Waals surface area contributed by atoms with Gasteiger partial charge in [-0.25, -0.2) is 9.97 Å². The van der Waals surface area contributed by atoms with E-state index in [-0.39, 0.29) is 18.1 Å².